The zero-order chi connectivity index (χ0) is 14.0. The fraction of sp³-hybridized carbons (Fsp3) is 0.933. The van der Waals surface area contributed by atoms with E-state index in [2.05, 4.69) is 31.0 Å². The maximum Gasteiger partial charge on any atom is 0.327 e. The lowest BCUT2D eigenvalue weighted by Crippen LogP contribution is -2.62. The van der Waals surface area contributed by atoms with Crippen LogP contribution in [-0.4, -0.2) is 48.7 Å². The van der Waals surface area contributed by atoms with Crippen LogP contribution in [0.3, 0.4) is 0 Å². The van der Waals surface area contributed by atoms with Gasteiger partial charge in [0.2, 0.25) is 0 Å². The molecule has 0 aromatic heterocycles. The highest BCUT2D eigenvalue weighted by atomic mass is 16.5. The number of nitrogens with zero attached hydrogens (tertiary/aromatic N) is 1. The number of carbonyl (C=O) groups excluding carboxylic acids is 1. The minimum atomic E-state index is -0.476. The number of hydrogen-bond acceptors (Lipinski definition) is 4. The largest absolute Gasteiger partial charge is 0.468 e. The molecule has 2 rings (SSSR count). The first-order chi connectivity index (χ1) is 9.03. The van der Waals surface area contributed by atoms with Gasteiger partial charge in [0.1, 0.15) is 5.54 Å². The quantitative estimate of drug-likeness (QED) is 0.682. The fourth-order valence-corrected chi connectivity index (χ4v) is 2.91. The minimum absolute atomic E-state index is 0.0685. The number of hydrogen-bond donors (Lipinski definition) is 1. The topological polar surface area (TPSA) is 41.6 Å². The van der Waals surface area contributed by atoms with E-state index in [0.29, 0.717) is 18.0 Å². The molecule has 4 heteroatoms. The average Bonchev–Trinajstić information content (AvgIpc) is 3.25. The summed E-state index contributed by atoms with van der Waals surface area (Å²) in [6.07, 6.45) is 4.67. The van der Waals surface area contributed by atoms with Gasteiger partial charge in [-0.25, -0.2) is 4.79 Å². The molecule has 110 valence electrons. The molecule has 2 fully saturated rings. The van der Waals surface area contributed by atoms with Gasteiger partial charge >= 0.3 is 5.97 Å². The number of carbonyl (C=O) groups is 1. The number of ether oxygens (including phenoxy) is 1. The molecule has 0 aliphatic heterocycles. The Morgan fingerprint density at radius 3 is 2.37 bits per heavy atom. The average molecular weight is 268 g/mol. The first kappa shape index (κ1) is 14.8. The summed E-state index contributed by atoms with van der Waals surface area (Å²) >= 11 is 0. The van der Waals surface area contributed by atoms with E-state index in [1.54, 1.807) is 0 Å². The van der Waals surface area contributed by atoms with Crippen molar-refractivity contribution in [1.29, 1.82) is 0 Å². The molecule has 0 heterocycles. The molecule has 4 nitrogen and oxygen atoms in total. The van der Waals surface area contributed by atoms with Gasteiger partial charge in [0, 0.05) is 18.6 Å². The van der Waals surface area contributed by atoms with Gasteiger partial charge < -0.3 is 4.74 Å². The molecule has 2 aliphatic rings. The normalized spacial score (nSPS) is 22.6. The van der Waals surface area contributed by atoms with E-state index in [1.165, 1.54) is 20.0 Å². The Morgan fingerprint density at radius 1 is 1.37 bits per heavy atom. The lowest BCUT2D eigenvalue weighted by Gasteiger charge is -2.38. The summed E-state index contributed by atoms with van der Waals surface area (Å²) in [5, 5.41) is 3.62. The molecule has 2 saturated carbocycles. The molecule has 2 aliphatic carbocycles. The number of rotatable bonds is 8. The van der Waals surface area contributed by atoms with Crippen LogP contribution in [0.2, 0.25) is 0 Å². The molecule has 0 aromatic rings. The number of likely N-dealkylation sites (N-methyl/N-ethyl adjacent to an activating group) is 1. The van der Waals surface area contributed by atoms with Gasteiger partial charge in [-0.1, -0.05) is 6.92 Å². The summed E-state index contributed by atoms with van der Waals surface area (Å²) < 4.78 is 5.14. The van der Waals surface area contributed by atoms with Gasteiger partial charge in [0.25, 0.3) is 0 Å². The van der Waals surface area contributed by atoms with E-state index < -0.39 is 5.54 Å². The van der Waals surface area contributed by atoms with Crippen LogP contribution in [0.4, 0.5) is 0 Å². The van der Waals surface area contributed by atoms with Gasteiger partial charge in [-0.15, -0.1) is 0 Å². The van der Waals surface area contributed by atoms with Crippen molar-refractivity contribution in [1.82, 2.24) is 10.2 Å². The van der Waals surface area contributed by atoms with Gasteiger partial charge in [-0.3, -0.25) is 10.2 Å². The van der Waals surface area contributed by atoms with Gasteiger partial charge in [0.05, 0.1) is 7.11 Å². The fourth-order valence-electron chi connectivity index (χ4n) is 2.91. The molecule has 1 N–H and O–H groups in total. The Labute approximate surface area is 116 Å². The smallest absolute Gasteiger partial charge is 0.327 e. The molecular formula is C15H28N2O2. The zero-order valence-corrected chi connectivity index (χ0v) is 12.7. The van der Waals surface area contributed by atoms with Crippen LogP contribution in [0.15, 0.2) is 0 Å². The Hall–Kier alpha value is -0.610. The first-order valence-electron chi connectivity index (χ1n) is 7.63. The van der Waals surface area contributed by atoms with Crippen molar-refractivity contribution >= 4 is 5.97 Å². The Morgan fingerprint density at radius 2 is 2.00 bits per heavy atom. The summed E-state index contributed by atoms with van der Waals surface area (Å²) in [7, 11) is 1.51. The number of methoxy groups -OCH3 is 1. The van der Waals surface area contributed by atoms with Crippen molar-refractivity contribution in [2.75, 3.05) is 20.2 Å². The van der Waals surface area contributed by atoms with Crippen LogP contribution in [0.5, 0.6) is 0 Å². The molecule has 0 amide bonds. The third-order valence-corrected chi connectivity index (χ3v) is 4.45. The zero-order valence-electron chi connectivity index (χ0n) is 12.7. The predicted octanol–water partition coefficient (Wildman–Crippen LogP) is 1.79. The maximum atomic E-state index is 12.4. The van der Waals surface area contributed by atoms with Gasteiger partial charge in [-0.05, 0) is 52.0 Å². The first-order valence-corrected chi connectivity index (χ1v) is 7.63. The highest BCUT2D eigenvalue weighted by Gasteiger charge is 2.54. The van der Waals surface area contributed by atoms with Crippen molar-refractivity contribution < 1.29 is 9.53 Å². The van der Waals surface area contributed by atoms with Crippen LogP contribution in [0.1, 0.15) is 46.5 Å². The van der Waals surface area contributed by atoms with Crippen molar-refractivity contribution in [3.05, 3.63) is 0 Å². The van der Waals surface area contributed by atoms with Crippen molar-refractivity contribution in [2.24, 2.45) is 5.92 Å². The molecule has 1 unspecified atom stereocenters. The molecule has 1 atom stereocenters. The van der Waals surface area contributed by atoms with Gasteiger partial charge in [-0.2, -0.15) is 0 Å². The second-order valence-electron chi connectivity index (χ2n) is 6.31. The molecule has 0 bridgehead atoms. The van der Waals surface area contributed by atoms with E-state index >= 15 is 0 Å². The third kappa shape index (κ3) is 3.29. The van der Waals surface area contributed by atoms with E-state index in [0.717, 1.165) is 25.9 Å². The van der Waals surface area contributed by atoms with Gasteiger partial charge in [0.15, 0.2) is 0 Å². The summed E-state index contributed by atoms with van der Waals surface area (Å²) in [4.78, 5) is 14.8. The van der Waals surface area contributed by atoms with Crippen LogP contribution >= 0.6 is 0 Å². The van der Waals surface area contributed by atoms with E-state index in [4.69, 9.17) is 4.74 Å². The second kappa shape index (κ2) is 5.80. The van der Waals surface area contributed by atoms with E-state index in [-0.39, 0.29) is 5.97 Å². The number of esters is 1. The highest BCUT2D eigenvalue weighted by molar-refractivity contribution is 5.82. The van der Waals surface area contributed by atoms with E-state index in [1.807, 2.05) is 0 Å². The molecule has 19 heavy (non-hydrogen) atoms. The predicted molar refractivity (Wildman–Crippen MR) is 76.0 cm³/mol. The SMILES string of the molecule is CCN(CC(NC1CC1)(C(=O)OC)C1CC1)C(C)C. The van der Waals surface area contributed by atoms with Crippen LogP contribution in [0, 0.1) is 5.92 Å². The van der Waals surface area contributed by atoms with Crippen molar-refractivity contribution in [2.45, 2.75) is 64.1 Å². The standard InChI is InChI=1S/C15H28N2O2/c1-5-17(11(2)3)10-15(12-6-7-12,14(18)19-4)16-13-8-9-13/h11-13,16H,5-10H2,1-4H3. The molecular weight excluding hydrogens is 240 g/mol. The van der Waals surface area contributed by atoms with Crippen LogP contribution in [-0.2, 0) is 9.53 Å². The van der Waals surface area contributed by atoms with Crippen LogP contribution < -0.4 is 5.32 Å². The Balaban J connectivity index is 2.17. The lowest BCUT2D eigenvalue weighted by molar-refractivity contribution is -0.151. The summed E-state index contributed by atoms with van der Waals surface area (Å²) in [5.41, 5.74) is -0.476. The summed E-state index contributed by atoms with van der Waals surface area (Å²) in [6, 6.07) is 0.972. The molecule has 0 spiro atoms. The molecule has 0 aromatic carbocycles. The van der Waals surface area contributed by atoms with E-state index in [9.17, 15) is 4.79 Å². The highest BCUT2D eigenvalue weighted by Crippen LogP contribution is 2.43. The van der Waals surface area contributed by atoms with Crippen molar-refractivity contribution in [3.63, 3.8) is 0 Å². The second-order valence-corrected chi connectivity index (χ2v) is 6.31. The maximum absolute atomic E-state index is 12.4. The lowest BCUT2D eigenvalue weighted by atomic mass is 9.91. The third-order valence-electron chi connectivity index (χ3n) is 4.45. The Kier molecular flexibility index (Phi) is 4.51. The molecule has 0 saturated heterocycles. The summed E-state index contributed by atoms with van der Waals surface area (Å²) in [5.74, 6) is 0.384. The Bertz CT molecular complexity index is 324. The minimum Gasteiger partial charge on any atom is -0.468 e. The molecule has 0 radical (unpaired) electrons. The van der Waals surface area contributed by atoms with Crippen LogP contribution in [0.25, 0.3) is 0 Å². The monoisotopic (exact) mass is 268 g/mol. The number of nitrogens with one attached hydrogen (secondary N) is 1. The van der Waals surface area contributed by atoms with Crippen molar-refractivity contribution in [3.8, 4) is 0 Å². The summed E-state index contributed by atoms with van der Waals surface area (Å²) in [6.45, 7) is 8.28.